The van der Waals surface area contributed by atoms with E-state index >= 15 is 0 Å². The third-order valence-electron chi connectivity index (χ3n) is 2.63. The summed E-state index contributed by atoms with van der Waals surface area (Å²) in [5, 5.41) is 14.7. The number of rotatable bonds is 4. The van der Waals surface area contributed by atoms with Gasteiger partial charge in [0.25, 0.3) is 0 Å². The average molecular weight is 266 g/mol. The lowest BCUT2D eigenvalue weighted by molar-refractivity contribution is -0.115. The molecule has 2 rings (SSSR count). The molecule has 1 heterocycles. The topological polar surface area (TPSA) is 77.8 Å². The van der Waals surface area contributed by atoms with Crippen LogP contribution in [-0.2, 0) is 4.79 Å². The van der Waals surface area contributed by atoms with E-state index in [9.17, 15) is 4.79 Å². The van der Waals surface area contributed by atoms with Crippen molar-refractivity contribution in [3.63, 3.8) is 0 Å². The number of hydrogen-bond acceptors (Lipinski definition) is 4. The fourth-order valence-electron chi connectivity index (χ4n) is 1.61. The molecule has 2 aromatic rings. The first-order valence-corrected chi connectivity index (χ1v) is 6.24. The molecule has 0 aliphatic rings. The number of nitriles is 1. The van der Waals surface area contributed by atoms with Gasteiger partial charge in [-0.3, -0.25) is 4.79 Å². The zero-order chi connectivity index (χ0) is 14.4. The van der Waals surface area contributed by atoms with Gasteiger partial charge in [-0.25, -0.2) is 4.98 Å². The van der Waals surface area contributed by atoms with Crippen molar-refractivity contribution >= 4 is 23.1 Å². The first-order valence-electron chi connectivity index (χ1n) is 6.24. The second-order valence-electron chi connectivity index (χ2n) is 4.15. The molecule has 0 aliphatic carbocycles. The van der Waals surface area contributed by atoms with Crippen molar-refractivity contribution in [3.8, 4) is 6.07 Å². The van der Waals surface area contributed by atoms with E-state index < -0.39 is 0 Å². The van der Waals surface area contributed by atoms with Crippen LogP contribution < -0.4 is 10.6 Å². The zero-order valence-corrected chi connectivity index (χ0v) is 11.1. The van der Waals surface area contributed by atoms with Gasteiger partial charge in [-0.15, -0.1) is 0 Å². The number of nitrogens with one attached hydrogen (secondary N) is 2. The lowest BCUT2D eigenvalue weighted by atomic mass is 10.2. The molecule has 1 aromatic carbocycles. The third kappa shape index (κ3) is 3.56. The van der Waals surface area contributed by atoms with Gasteiger partial charge in [-0.05, 0) is 30.3 Å². The van der Waals surface area contributed by atoms with E-state index in [1.807, 2.05) is 18.2 Å². The average Bonchev–Trinajstić information content (AvgIpc) is 2.49. The molecule has 100 valence electrons. The summed E-state index contributed by atoms with van der Waals surface area (Å²) < 4.78 is 0. The Kier molecular flexibility index (Phi) is 4.30. The fourth-order valence-corrected chi connectivity index (χ4v) is 1.61. The van der Waals surface area contributed by atoms with Crippen LogP contribution >= 0.6 is 0 Å². The van der Waals surface area contributed by atoms with Crippen molar-refractivity contribution < 1.29 is 4.79 Å². The smallest absolute Gasteiger partial charge is 0.225 e. The van der Waals surface area contributed by atoms with Gasteiger partial charge in [0.05, 0.1) is 23.5 Å². The Hall–Kier alpha value is -2.87. The summed E-state index contributed by atoms with van der Waals surface area (Å²) in [6, 6.07) is 12.8. The Morgan fingerprint density at radius 2 is 2.15 bits per heavy atom. The molecule has 0 spiro atoms. The largest absolute Gasteiger partial charge is 0.354 e. The second kappa shape index (κ2) is 6.34. The number of aromatic nitrogens is 1. The highest BCUT2D eigenvalue weighted by Crippen LogP contribution is 2.18. The van der Waals surface area contributed by atoms with Crippen LogP contribution in [0.25, 0.3) is 0 Å². The van der Waals surface area contributed by atoms with Crippen molar-refractivity contribution in [2.45, 2.75) is 13.3 Å². The minimum absolute atomic E-state index is 0.0695. The van der Waals surface area contributed by atoms with Crippen LogP contribution in [0.2, 0.25) is 0 Å². The molecule has 2 N–H and O–H groups in total. The highest BCUT2D eigenvalue weighted by molar-refractivity contribution is 5.89. The summed E-state index contributed by atoms with van der Waals surface area (Å²) in [7, 11) is 0. The Balaban J connectivity index is 2.07. The Morgan fingerprint density at radius 3 is 2.80 bits per heavy atom. The lowest BCUT2D eigenvalue weighted by Gasteiger charge is -2.07. The Morgan fingerprint density at radius 1 is 1.30 bits per heavy atom. The molecule has 0 fully saturated rings. The highest BCUT2D eigenvalue weighted by Gasteiger charge is 2.01. The normalized spacial score (nSPS) is 9.60. The van der Waals surface area contributed by atoms with E-state index in [4.69, 9.17) is 5.26 Å². The summed E-state index contributed by atoms with van der Waals surface area (Å²) in [6.07, 6.45) is 2.05. The minimum atomic E-state index is -0.0695. The van der Waals surface area contributed by atoms with Crippen LogP contribution in [-0.4, -0.2) is 10.9 Å². The van der Waals surface area contributed by atoms with Gasteiger partial charge in [0.15, 0.2) is 0 Å². The molecule has 1 amide bonds. The summed E-state index contributed by atoms with van der Waals surface area (Å²) in [5.41, 5.74) is 2.19. The first-order chi connectivity index (χ1) is 9.71. The van der Waals surface area contributed by atoms with Crippen molar-refractivity contribution in [2.24, 2.45) is 0 Å². The predicted octanol–water partition coefficient (Wildman–Crippen LogP) is 3.05. The zero-order valence-electron chi connectivity index (χ0n) is 11.1. The monoisotopic (exact) mass is 266 g/mol. The SMILES string of the molecule is CCC(=O)Nc1ccc(Nc2cccc(C#N)c2)cn1. The van der Waals surface area contributed by atoms with Crippen LogP contribution in [0, 0.1) is 11.3 Å². The fraction of sp³-hybridized carbons (Fsp3) is 0.133. The number of benzene rings is 1. The lowest BCUT2D eigenvalue weighted by Crippen LogP contribution is -2.10. The molecule has 5 heteroatoms. The Bertz CT molecular complexity index is 644. The van der Waals surface area contributed by atoms with Crippen molar-refractivity contribution in [1.82, 2.24) is 4.98 Å². The molecule has 0 saturated carbocycles. The van der Waals surface area contributed by atoms with Gasteiger partial charge in [0.2, 0.25) is 5.91 Å². The number of hydrogen-bond donors (Lipinski definition) is 2. The minimum Gasteiger partial charge on any atom is -0.354 e. The van der Waals surface area contributed by atoms with Gasteiger partial charge in [-0.1, -0.05) is 13.0 Å². The molecule has 5 nitrogen and oxygen atoms in total. The summed E-state index contributed by atoms with van der Waals surface area (Å²) >= 11 is 0. The number of anilines is 3. The quantitative estimate of drug-likeness (QED) is 0.891. The summed E-state index contributed by atoms with van der Waals surface area (Å²) in [4.78, 5) is 15.4. The van der Waals surface area contributed by atoms with E-state index in [2.05, 4.69) is 21.7 Å². The van der Waals surface area contributed by atoms with E-state index in [1.54, 1.807) is 31.3 Å². The molecule has 0 bridgehead atoms. The molecule has 20 heavy (non-hydrogen) atoms. The van der Waals surface area contributed by atoms with Crippen molar-refractivity contribution in [2.75, 3.05) is 10.6 Å². The van der Waals surface area contributed by atoms with Crippen molar-refractivity contribution in [3.05, 3.63) is 48.2 Å². The Labute approximate surface area is 117 Å². The van der Waals surface area contributed by atoms with E-state index in [0.29, 0.717) is 17.8 Å². The number of amides is 1. The molecule has 0 atom stereocenters. The van der Waals surface area contributed by atoms with Gasteiger partial charge in [0, 0.05) is 12.1 Å². The van der Waals surface area contributed by atoms with E-state index in [-0.39, 0.29) is 5.91 Å². The maximum atomic E-state index is 11.2. The molecule has 1 aromatic heterocycles. The number of pyridine rings is 1. The first kappa shape index (κ1) is 13.6. The van der Waals surface area contributed by atoms with E-state index in [0.717, 1.165) is 11.4 Å². The van der Waals surface area contributed by atoms with E-state index in [1.165, 1.54) is 0 Å². The molecular weight excluding hydrogens is 252 g/mol. The molecular formula is C15H14N4O. The van der Waals surface area contributed by atoms with Crippen LogP contribution in [0.4, 0.5) is 17.2 Å². The molecule has 0 radical (unpaired) electrons. The van der Waals surface area contributed by atoms with Crippen LogP contribution in [0.3, 0.4) is 0 Å². The van der Waals surface area contributed by atoms with Gasteiger partial charge < -0.3 is 10.6 Å². The number of carbonyl (C=O) groups excluding carboxylic acids is 1. The van der Waals surface area contributed by atoms with Gasteiger partial charge in [-0.2, -0.15) is 5.26 Å². The molecule has 0 saturated heterocycles. The summed E-state index contributed by atoms with van der Waals surface area (Å²) in [5.74, 6) is 0.452. The number of carbonyl (C=O) groups is 1. The predicted molar refractivity (Wildman–Crippen MR) is 77.6 cm³/mol. The molecule has 0 aliphatic heterocycles. The van der Waals surface area contributed by atoms with Crippen LogP contribution in [0.1, 0.15) is 18.9 Å². The molecule has 0 unspecified atom stereocenters. The summed E-state index contributed by atoms with van der Waals surface area (Å²) in [6.45, 7) is 1.79. The van der Waals surface area contributed by atoms with Gasteiger partial charge in [0.1, 0.15) is 5.82 Å². The third-order valence-corrected chi connectivity index (χ3v) is 2.63. The van der Waals surface area contributed by atoms with Crippen LogP contribution in [0.15, 0.2) is 42.6 Å². The standard InChI is InChI=1S/C15H14N4O/c1-2-15(20)19-14-7-6-13(10-17-14)18-12-5-3-4-11(8-12)9-16/h3-8,10,18H,2H2,1H3,(H,17,19,20). The highest BCUT2D eigenvalue weighted by atomic mass is 16.1. The maximum absolute atomic E-state index is 11.2. The number of nitrogens with zero attached hydrogens (tertiary/aromatic N) is 2. The maximum Gasteiger partial charge on any atom is 0.225 e. The van der Waals surface area contributed by atoms with Crippen molar-refractivity contribution in [1.29, 1.82) is 5.26 Å². The van der Waals surface area contributed by atoms with Crippen LogP contribution in [0.5, 0.6) is 0 Å². The van der Waals surface area contributed by atoms with Gasteiger partial charge >= 0.3 is 0 Å². The second-order valence-corrected chi connectivity index (χ2v) is 4.15.